The van der Waals surface area contributed by atoms with Gasteiger partial charge in [0.05, 0.1) is 6.61 Å². The van der Waals surface area contributed by atoms with Gasteiger partial charge in [0, 0.05) is 22.5 Å². The molecule has 0 aliphatic carbocycles. The first-order valence-electron chi connectivity index (χ1n) is 4.29. The molecule has 0 aromatic carbocycles. The van der Waals surface area contributed by atoms with Crippen LogP contribution in [0, 0.1) is 0 Å². The number of aromatic nitrogens is 1. The maximum Gasteiger partial charge on any atom is 0.110 e. The number of nitrogens with one attached hydrogen (secondary N) is 1. The number of hydrogen-bond acceptors (Lipinski definition) is 4. The summed E-state index contributed by atoms with van der Waals surface area (Å²) in [5.74, 6) is 0.808. The normalized spacial score (nSPS) is 12.8. The van der Waals surface area contributed by atoms with Crippen LogP contribution in [-0.2, 0) is 0 Å². The summed E-state index contributed by atoms with van der Waals surface area (Å²) >= 11 is 5.05. The minimum absolute atomic E-state index is 0.119. The van der Waals surface area contributed by atoms with Crippen LogP contribution in [0.2, 0.25) is 0 Å². The minimum atomic E-state index is 0.119. The first-order valence-corrected chi connectivity index (χ1v) is 6.07. The van der Waals surface area contributed by atoms with Crippen LogP contribution in [0.15, 0.2) is 27.8 Å². The van der Waals surface area contributed by atoms with Crippen molar-refractivity contribution in [1.29, 1.82) is 0 Å². The lowest BCUT2D eigenvalue weighted by Gasteiger charge is -2.12. The van der Waals surface area contributed by atoms with Gasteiger partial charge in [0.2, 0.25) is 0 Å². The van der Waals surface area contributed by atoms with E-state index in [4.69, 9.17) is 5.11 Å². The highest BCUT2D eigenvalue weighted by Gasteiger charge is 2.07. The molecule has 0 saturated carbocycles. The van der Waals surface area contributed by atoms with Crippen LogP contribution in [0.1, 0.15) is 0 Å². The van der Waals surface area contributed by atoms with E-state index in [-0.39, 0.29) is 12.6 Å². The van der Waals surface area contributed by atoms with E-state index in [2.05, 4.69) is 26.2 Å². The van der Waals surface area contributed by atoms with Crippen LogP contribution >= 0.6 is 27.7 Å². The van der Waals surface area contributed by atoms with E-state index in [0.717, 1.165) is 15.3 Å². The van der Waals surface area contributed by atoms with Crippen molar-refractivity contribution >= 4 is 27.7 Å². The largest absolute Gasteiger partial charge is 0.395 e. The molecule has 1 rings (SSSR count). The summed E-state index contributed by atoms with van der Waals surface area (Å²) in [6, 6.07) is 3.96. The van der Waals surface area contributed by atoms with Crippen LogP contribution in [0.4, 0.5) is 0 Å². The fraction of sp³-hybridized carbons (Fsp3) is 0.444. The monoisotopic (exact) mass is 276 g/mol. The molecule has 0 spiro atoms. The second kappa shape index (κ2) is 6.40. The maximum absolute atomic E-state index is 8.97. The lowest BCUT2D eigenvalue weighted by atomic mass is 10.4. The highest BCUT2D eigenvalue weighted by Crippen LogP contribution is 2.24. The van der Waals surface area contributed by atoms with Gasteiger partial charge in [-0.2, -0.15) is 0 Å². The predicted molar refractivity (Wildman–Crippen MR) is 62.6 cm³/mol. The summed E-state index contributed by atoms with van der Waals surface area (Å²) in [5, 5.41) is 13.0. The number of hydrogen-bond donors (Lipinski definition) is 2. The highest BCUT2D eigenvalue weighted by molar-refractivity contribution is 9.10. The molecule has 0 radical (unpaired) electrons. The molecule has 1 heterocycles. The van der Waals surface area contributed by atoms with Crippen LogP contribution in [0.5, 0.6) is 0 Å². The van der Waals surface area contributed by atoms with Crippen molar-refractivity contribution in [2.75, 3.05) is 19.4 Å². The zero-order valence-corrected chi connectivity index (χ0v) is 10.3. The number of aliphatic hydroxyl groups is 1. The first-order chi connectivity index (χ1) is 6.77. The molecular formula is C9H13BrN2OS. The second-order valence-electron chi connectivity index (χ2n) is 2.77. The molecule has 0 aliphatic heterocycles. The third-order valence-corrected chi connectivity index (χ3v) is 3.84. The fourth-order valence-electron chi connectivity index (χ4n) is 0.884. The third kappa shape index (κ3) is 3.57. The van der Waals surface area contributed by atoms with Crippen molar-refractivity contribution in [2.24, 2.45) is 0 Å². The Kier molecular flexibility index (Phi) is 5.47. The Balaban J connectivity index is 2.49. The molecule has 0 fully saturated rings. The summed E-state index contributed by atoms with van der Waals surface area (Å²) in [5.41, 5.74) is 0. The van der Waals surface area contributed by atoms with Gasteiger partial charge < -0.3 is 10.4 Å². The molecule has 0 bridgehead atoms. The summed E-state index contributed by atoms with van der Waals surface area (Å²) in [6.45, 7) is 0.147. The zero-order chi connectivity index (χ0) is 10.4. The van der Waals surface area contributed by atoms with E-state index in [1.54, 1.807) is 18.0 Å². The van der Waals surface area contributed by atoms with Gasteiger partial charge in [0.15, 0.2) is 0 Å². The molecule has 78 valence electrons. The smallest absolute Gasteiger partial charge is 0.110 e. The lowest BCUT2D eigenvalue weighted by Crippen LogP contribution is -2.31. The quantitative estimate of drug-likeness (QED) is 0.801. The van der Waals surface area contributed by atoms with Crippen LogP contribution in [0.3, 0.4) is 0 Å². The molecule has 0 amide bonds. The number of pyridine rings is 1. The fourth-order valence-corrected chi connectivity index (χ4v) is 2.46. The average Bonchev–Trinajstić information content (AvgIpc) is 2.22. The average molecular weight is 277 g/mol. The van der Waals surface area contributed by atoms with Gasteiger partial charge in [0.1, 0.15) is 5.03 Å². The molecule has 1 unspecified atom stereocenters. The van der Waals surface area contributed by atoms with Crippen molar-refractivity contribution in [3.63, 3.8) is 0 Å². The van der Waals surface area contributed by atoms with Gasteiger partial charge in [0.25, 0.3) is 0 Å². The van der Waals surface area contributed by atoms with Crippen LogP contribution in [-0.4, -0.2) is 35.5 Å². The van der Waals surface area contributed by atoms with Gasteiger partial charge in [-0.25, -0.2) is 4.98 Å². The van der Waals surface area contributed by atoms with Gasteiger partial charge in [-0.1, -0.05) is 0 Å². The summed E-state index contributed by atoms with van der Waals surface area (Å²) < 4.78 is 0.998. The van der Waals surface area contributed by atoms with E-state index >= 15 is 0 Å². The Morgan fingerprint density at radius 3 is 3.07 bits per heavy atom. The van der Waals surface area contributed by atoms with E-state index in [9.17, 15) is 0 Å². The molecule has 2 N–H and O–H groups in total. The van der Waals surface area contributed by atoms with E-state index < -0.39 is 0 Å². The first kappa shape index (κ1) is 12.0. The Bertz CT molecular complexity index is 281. The van der Waals surface area contributed by atoms with Crippen molar-refractivity contribution in [2.45, 2.75) is 11.1 Å². The predicted octanol–water partition coefficient (Wildman–Crippen LogP) is 1.52. The molecule has 0 saturated heterocycles. The van der Waals surface area contributed by atoms with Crippen LogP contribution < -0.4 is 5.32 Å². The summed E-state index contributed by atoms with van der Waals surface area (Å²) in [7, 11) is 1.84. The molecule has 1 atom stereocenters. The molecule has 1 aromatic rings. The van der Waals surface area contributed by atoms with Crippen molar-refractivity contribution in [3.05, 3.63) is 22.8 Å². The number of nitrogens with zero attached hydrogens (tertiary/aromatic N) is 1. The number of halogens is 1. The Morgan fingerprint density at radius 1 is 1.71 bits per heavy atom. The van der Waals surface area contributed by atoms with Gasteiger partial charge in [-0.05, 0) is 35.1 Å². The number of thioether (sulfide) groups is 1. The maximum atomic E-state index is 8.97. The summed E-state index contributed by atoms with van der Waals surface area (Å²) in [4.78, 5) is 4.23. The van der Waals surface area contributed by atoms with Crippen molar-refractivity contribution < 1.29 is 5.11 Å². The van der Waals surface area contributed by atoms with Gasteiger partial charge in [-0.15, -0.1) is 11.8 Å². The third-order valence-electron chi connectivity index (χ3n) is 1.77. The number of aliphatic hydroxyl groups excluding tert-OH is 1. The topological polar surface area (TPSA) is 45.1 Å². The van der Waals surface area contributed by atoms with E-state index in [1.165, 1.54) is 0 Å². The Hall–Kier alpha value is -0.100. The highest BCUT2D eigenvalue weighted by atomic mass is 79.9. The molecule has 3 nitrogen and oxygen atoms in total. The Labute approximate surface area is 96.4 Å². The molecule has 14 heavy (non-hydrogen) atoms. The van der Waals surface area contributed by atoms with E-state index in [0.29, 0.717) is 0 Å². The van der Waals surface area contributed by atoms with Crippen LogP contribution in [0.25, 0.3) is 0 Å². The van der Waals surface area contributed by atoms with Crippen molar-refractivity contribution in [3.8, 4) is 0 Å². The lowest BCUT2D eigenvalue weighted by molar-refractivity contribution is 0.260. The molecule has 0 aliphatic rings. The number of rotatable bonds is 5. The standard InChI is InChI=1S/C9H13BrN2OS/c1-11-7(5-13)6-14-9-8(10)3-2-4-12-9/h2-4,7,11,13H,5-6H2,1H3. The number of likely N-dealkylation sites (N-methyl/N-ethyl adjacent to an activating group) is 1. The van der Waals surface area contributed by atoms with E-state index in [1.807, 2.05) is 19.2 Å². The second-order valence-corrected chi connectivity index (χ2v) is 4.63. The van der Waals surface area contributed by atoms with Gasteiger partial charge in [-0.3, -0.25) is 0 Å². The zero-order valence-electron chi connectivity index (χ0n) is 7.90. The van der Waals surface area contributed by atoms with Crippen molar-refractivity contribution in [1.82, 2.24) is 10.3 Å². The Morgan fingerprint density at radius 2 is 2.50 bits per heavy atom. The molecular weight excluding hydrogens is 264 g/mol. The van der Waals surface area contributed by atoms with Gasteiger partial charge >= 0.3 is 0 Å². The molecule has 5 heteroatoms. The molecule has 1 aromatic heterocycles. The SMILES string of the molecule is CNC(CO)CSc1ncccc1Br. The summed E-state index contributed by atoms with van der Waals surface area (Å²) in [6.07, 6.45) is 1.76. The minimum Gasteiger partial charge on any atom is -0.395 e.